The van der Waals surface area contributed by atoms with Gasteiger partial charge in [0.1, 0.15) is 5.75 Å². The average molecular weight is 283 g/mol. The summed E-state index contributed by atoms with van der Waals surface area (Å²) in [4.78, 5) is 0.702. The summed E-state index contributed by atoms with van der Waals surface area (Å²) in [5.74, 6) is 1.69. The molecule has 88 valence electrons. The van der Waals surface area contributed by atoms with Crippen molar-refractivity contribution in [3.8, 4) is 5.75 Å². The van der Waals surface area contributed by atoms with E-state index in [4.69, 9.17) is 4.74 Å². The Balaban J connectivity index is 2.19. The van der Waals surface area contributed by atoms with Crippen molar-refractivity contribution >= 4 is 15.9 Å². The molecule has 2 rings (SSSR count). The first kappa shape index (κ1) is 12.0. The topological polar surface area (TPSA) is 9.23 Å². The zero-order valence-corrected chi connectivity index (χ0v) is 11.6. The number of rotatable bonds is 2. The maximum absolute atomic E-state index is 5.25. The molecule has 1 aliphatic rings. The number of benzene rings is 1. The molecule has 0 aromatic heterocycles. The van der Waals surface area contributed by atoms with Gasteiger partial charge >= 0.3 is 0 Å². The second kappa shape index (κ2) is 5.22. The number of ether oxygens (including phenoxy) is 1. The van der Waals surface area contributed by atoms with Crippen LogP contribution in [0.15, 0.2) is 18.2 Å². The minimum atomic E-state index is 0.702. The molecule has 0 aliphatic heterocycles. The van der Waals surface area contributed by atoms with Crippen LogP contribution < -0.4 is 4.74 Å². The van der Waals surface area contributed by atoms with Crippen LogP contribution in [0.4, 0.5) is 0 Å². The van der Waals surface area contributed by atoms with Gasteiger partial charge in [-0.2, -0.15) is 0 Å². The van der Waals surface area contributed by atoms with Crippen LogP contribution in [0.3, 0.4) is 0 Å². The predicted octanol–water partition coefficient (Wildman–Crippen LogP) is 4.42. The van der Waals surface area contributed by atoms with Gasteiger partial charge in [-0.15, -0.1) is 0 Å². The molecule has 0 saturated heterocycles. The molecule has 1 fully saturated rings. The number of aryl methyl sites for hydroxylation is 1. The van der Waals surface area contributed by atoms with Gasteiger partial charge in [-0.1, -0.05) is 28.4 Å². The Morgan fingerprint density at radius 2 is 2.12 bits per heavy atom. The summed E-state index contributed by atoms with van der Waals surface area (Å²) in [6.45, 7) is 2.19. The Morgan fingerprint density at radius 3 is 2.75 bits per heavy atom. The fourth-order valence-electron chi connectivity index (χ4n) is 2.65. The third-order valence-electron chi connectivity index (χ3n) is 3.53. The monoisotopic (exact) mass is 282 g/mol. The summed E-state index contributed by atoms with van der Waals surface area (Å²) < 4.78 is 5.25. The van der Waals surface area contributed by atoms with Crippen molar-refractivity contribution in [2.24, 2.45) is 0 Å². The summed E-state index contributed by atoms with van der Waals surface area (Å²) in [7, 11) is 1.73. The van der Waals surface area contributed by atoms with Gasteiger partial charge in [0.15, 0.2) is 0 Å². The van der Waals surface area contributed by atoms with Gasteiger partial charge < -0.3 is 4.74 Å². The van der Waals surface area contributed by atoms with Crippen molar-refractivity contribution in [3.05, 3.63) is 29.3 Å². The second-order valence-corrected chi connectivity index (χ2v) is 5.98. The first-order valence-corrected chi connectivity index (χ1v) is 6.91. The summed E-state index contributed by atoms with van der Waals surface area (Å²) in [6, 6.07) is 6.47. The number of halogens is 1. The maximum Gasteiger partial charge on any atom is 0.119 e. The van der Waals surface area contributed by atoms with Crippen LogP contribution in [0, 0.1) is 6.92 Å². The zero-order valence-electron chi connectivity index (χ0n) is 10.0. The first-order chi connectivity index (χ1) is 7.70. The van der Waals surface area contributed by atoms with E-state index in [0.717, 1.165) is 11.7 Å². The smallest absolute Gasteiger partial charge is 0.119 e. The van der Waals surface area contributed by atoms with Crippen LogP contribution in [0.25, 0.3) is 0 Å². The van der Waals surface area contributed by atoms with E-state index in [1.54, 1.807) is 7.11 Å². The highest BCUT2D eigenvalue weighted by Gasteiger charge is 2.22. The van der Waals surface area contributed by atoms with Gasteiger partial charge in [-0.3, -0.25) is 0 Å². The molecule has 1 saturated carbocycles. The van der Waals surface area contributed by atoms with Crippen LogP contribution in [-0.2, 0) is 0 Å². The van der Waals surface area contributed by atoms with Crippen molar-refractivity contribution in [2.75, 3.05) is 7.11 Å². The Bertz CT molecular complexity index is 362. The highest BCUT2D eigenvalue weighted by atomic mass is 79.9. The minimum Gasteiger partial charge on any atom is -0.497 e. The van der Waals surface area contributed by atoms with Crippen molar-refractivity contribution in [1.82, 2.24) is 0 Å². The van der Waals surface area contributed by atoms with Crippen LogP contribution in [-0.4, -0.2) is 11.9 Å². The summed E-state index contributed by atoms with van der Waals surface area (Å²) in [5, 5.41) is 0. The van der Waals surface area contributed by atoms with Crippen LogP contribution in [0.2, 0.25) is 0 Å². The third-order valence-corrected chi connectivity index (χ3v) is 4.36. The molecule has 16 heavy (non-hydrogen) atoms. The van der Waals surface area contributed by atoms with Gasteiger partial charge in [0.2, 0.25) is 0 Å². The fraction of sp³-hybridized carbons (Fsp3) is 0.571. The molecule has 1 aromatic rings. The van der Waals surface area contributed by atoms with E-state index < -0.39 is 0 Å². The first-order valence-electron chi connectivity index (χ1n) is 5.99. The molecular formula is C14H19BrO. The Labute approximate surface area is 106 Å². The Kier molecular flexibility index (Phi) is 3.91. The number of hydrogen-bond acceptors (Lipinski definition) is 1. The van der Waals surface area contributed by atoms with E-state index in [1.807, 2.05) is 0 Å². The molecule has 1 aromatic carbocycles. The molecule has 2 atom stereocenters. The van der Waals surface area contributed by atoms with Gasteiger partial charge in [0, 0.05) is 4.83 Å². The van der Waals surface area contributed by atoms with E-state index in [1.165, 1.54) is 36.8 Å². The van der Waals surface area contributed by atoms with Crippen molar-refractivity contribution in [3.63, 3.8) is 0 Å². The van der Waals surface area contributed by atoms with E-state index >= 15 is 0 Å². The molecule has 1 aliphatic carbocycles. The summed E-state index contributed by atoms with van der Waals surface area (Å²) in [6.07, 6.45) is 5.26. The van der Waals surface area contributed by atoms with Gasteiger partial charge in [-0.25, -0.2) is 0 Å². The number of alkyl halides is 1. The molecular weight excluding hydrogens is 264 g/mol. The number of methoxy groups -OCH3 is 1. The second-order valence-electron chi connectivity index (χ2n) is 4.68. The Hall–Kier alpha value is -0.500. The lowest BCUT2D eigenvalue weighted by molar-refractivity contribution is 0.413. The molecule has 2 heteroatoms. The van der Waals surface area contributed by atoms with E-state index in [0.29, 0.717) is 4.83 Å². The number of hydrogen-bond donors (Lipinski definition) is 0. The van der Waals surface area contributed by atoms with Crippen molar-refractivity contribution in [2.45, 2.75) is 43.4 Å². The zero-order chi connectivity index (χ0) is 11.5. The van der Waals surface area contributed by atoms with Crippen LogP contribution in [0.1, 0.15) is 42.7 Å². The van der Waals surface area contributed by atoms with Crippen molar-refractivity contribution in [1.29, 1.82) is 0 Å². The highest BCUT2D eigenvalue weighted by Crippen LogP contribution is 2.37. The molecule has 0 spiro atoms. The predicted molar refractivity (Wildman–Crippen MR) is 71.7 cm³/mol. The summed E-state index contributed by atoms with van der Waals surface area (Å²) >= 11 is 3.75. The lowest BCUT2D eigenvalue weighted by Gasteiger charge is -2.27. The van der Waals surface area contributed by atoms with Gasteiger partial charge in [0.05, 0.1) is 7.11 Å². The van der Waals surface area contributed by atoms with E-state index in [9.17, 15) is 0 Å². The summed E-state index contributed by atoms with van der Waals surface area (Å²) in [5.41, 5.74) is 2.87. The molecule has 2 unspecified atom stereocenters. The highest BCUT2D eigenvalue weighted by molar-refractivity contribution is 9.09. The molecule has 0 bridgehead atoms. The van der Waals surface area contributed by atoms with E-state index in [2.05, 4.69) is 41.1 Å². The molecule has 1 nitrogen and oxygen atoms in total. The average Bonchev–Trinajstić information content (AvgIpc) is 2.28. The van der Waals surface area contributed by atoms with Crippen molar-refractivity contribution < 1.29 is 4.74 Å². The third kappa shape index (κ3) is 2.60. The van der Waals surface area contributed by atoms with Gasteiger partial charge in [0.25, 0.3) is 0 Å². The standard InChI is InChI=1S/C14H19BrO/c1-10-8-13(16-2)6-7-14(10)11-4-3-5-12(15)9-11/h6-8,11-12H,3-5,9H2,1-2H3. The normalized spacial score (nSPS) is 25.4. The maximum atomic E-state index is 5.25. The van der Waals surface area contributed by atoms with Crippen LogP contribution in [0.5, 0.6) is 5.75 Å². The lowest BCUT2D eigenvalue weighted by Crippen LogP contribution is -2.14. The molecule has 0 amide bonds. The molecule has 0 radical (unpaired) electrons. The lowest BCUT2D eigenvalue weighted by atomic mass is 9.82. The Morgan fingerprint density at radius 1 is 1.31 bits per heavy atom. The minimum absolute atomic E-state index is 0.702. The quantitative estimate of drug-likeness (QED) is 0.730. The largest absolute Gasteiger partial charge is 0.497 e. The van der Waals surface area contributed by atoms with Crippen LogP contribution >= 0.6 is 15.9 Å². The molecule has 0 heterocycles. The van der Waals surface area contributed by atoms with Gasteiger partial charge in [-0.05, 0) is 55.4 Å². The molecule has 0 N–H and O–H groups in total. The fourth-order valence-corrected chi connectivity index (χ4v) is 3.42. The van der Waals surface area contributed by atoms with E-state index in [-0.39, 0.29) is 0 Å². The SMILES string of the molecule is COc1ccc(C2CCCC(Br)C2)c(C)c1.